The molecule has 2 fully saturated rings. The van der Waals surface area contributed by atoms with Gasteiger partial charge in [-0.3, -0.25) is 4.79 Å². The number of imidazole rings is 1. The first-order valence-electron chi connectivity index (χ1n) is 13.2. The van der Waals surface area contributed by atoms with Gasteiger partial charge in [-0.1, -0.05) is 11.6 Å². The van der Waals surface area contributed by atoms with Crippen LogP contribution in [0.4, 0.5) is 17.5 Å². The lowest BCUT2D eigenvalue weighted by Gasteiger charge is -2.37. The molecule has 0 bridgehead atoms. The average molecular weight is 503 g/mol. The zero-order valence-electron chi connectivity index (χ0n) is 21.6. The number of carbonyl (C=O) groups is 1. The number of nitrogens with zero attached hydrogens (tertiary/aromatic N) is 6. The van der Waals surface area contributed by atoms with Gasteiger partial charge in [0.15, 0.2) is 11.6 Å². The summed E-state index contributed by atoms with van der Waals surface area (Å²) in [7, 11) is 1.70. The molecule has 6 rings (SSSR count). The minimum absolute atomic E-state index is 0.288. The van der Waals surface area contributed by atoms with Crippen LogP contribution in [0.3, 0.4) is 0 Å². The highest BCUT2D eigenvalue weighted by molar-refractivity contribution is 5.89. The van der Waals surface area contributed by atoms with Crippen LogP contribution in [-0.4, -0.2) is 74.0 Å². The highest BCUT2D eigenvalue weighted by Crippen LogP contribution is 2.43. The highest BCUT2D eigenvalue weighted by Gasteiger charge is 2.34. The Kier molecular flexibility index (Phi) is 6.46. The van der Waals surface area contributed by atoms with Crippen molar-refractivity contribution in [2.75, 3.05) is 67.7 Å². The third kappa shape index (κ3) is 4.31. The van der Waals surface area contributed by atoms with Gasteiger partial charge in [0.2, 0.25) is 12.4 Å². The number of methoxy groups -OCH3 is 1. The Hall–Kier alpha value is -3.59. The first-order chi connectivity index (χ1) is 18.2. The summed E-state index contributed by atoms with van der Waals surface area (Å²) < 4.78 is 13.7. The minimum atomic E-state index is 0.288. The largest absolute Gasteiger partial charge is 0.493 e. The fraction of sp³-hybridized carbons (Fsp3) is 0.464. The van der Waals surface area contributed by atoms with Gasteiger partial charge >= 0.3 is 0 Å². The molecule has 3 aliphatic rings. The number of piperidine rings is 1. The van der Waals surface area contributed by atoms with E-state index in [9.17, 15) is 4.79 Å². The van der Waals surface area contributed by atoms with E-state index in [4.69, 9.17) is 14.5 Å². The molecule has 0 radical (unpaired) electrons. The van der Waals surface area contributed by atoms with Crippen LogP contribution in [-0.2, 0) is 16.0 Å². The molecule has 1 amide bonds. The van der Waals surface area contributed by atoms with Crippen molar-refractivity contribution in [1.82, 2.24) is 14.5 Å². The maximum atomic E-state index is 12.0. The monoisotopic (exact) mass is 502 g/mol. The third-order valence-corrected chi connectivity index (χ3v) is 7.79. The number of fused-ring (bicyclic) bond motifs is 3. The molecule has 9 nitrogen and oxygen atoms in total. The fourth-order valence-corrected chi connectivity index (χ4v) is 5.92. The summed E-state index contributed by atoms with van der Waals surface area (Å²) in [5.41, 5.74) is 5.48. The van der Waals surface area contributed by atoms with E-state index in [1.54, 1.807) is 7.11 Å². The lowest BCUT2D eigenvalue weighted by atomic mass is 10.0. The zero-order valence-corrected chi connectivity index (χ0v) is 21.6. The molecular formula is C28H34N6O3. The number of hydrogen-bond donors (Lipinski definition) is 0. The topological polar surface area (TPSA) is 76.0 Å². The number of pyridine rings is 1. The molecule has 3 aromatic rings. The first kappa shape index (κ1) is 23.8. The molecule has 2 saturated heterocycles. The molecule has 0 saturated carbocycles. The Balaban J connectivity index is 1.42. The van der Waals surface area contributed by atoms with Crippen molar-refractivity contribution in [3.8, 4) is 17.0 Å². The van der Waals surface area contributed by atoms with E-state index in [-0.39, 0.29) is 6.04 Å². The third-order valence-electron chi connectivity index (χ3n) is 7.79. The summed E-state index contributed by atoms with van der Waals surface area (Å²) in [6.45, 7) is 7.60. The summed E-state index contributed by atoms with van der Waals surface area (Å²) in [5, 5.41) is 0. The van der Waals surface area contributed by atoms with Crippen molar-refractivity contribution in [3.05, 3.63) is 47.8 Å². The van der Waals surface area contributed by atoms with Crippen LogP contribution in [0, 0.1) is 6.92 Å². The highest BCUT2D eigenvalue weighted by atomic mass is 16.5. The number of amides is 1. The Morgan fingerprint density at radius 1 is 1.05 bits per heavy atom. The van der Waals surface area contributed by atoms with Crippen LogP contribution < -0.4 is 19.4 Å². The Bertz CT molecular complexity index is 1280. The van der Waals surface area contributed by atoms with E-state index in [2.05, 4.69) is 44.5 Å². The van der Waals surface area contributed by atoms with Crippen LogP contribution >= 0.6 is 0 Å². The smallest absolute Gasteiger partial charge is 0.214 e. The lowest BCUT2D eigenvalue weighted by molar-refractivity contribution is -0.107. The van der Waals surface area contributed by atoms with Gasteiger partial charge in [-0.25, -0.2) is 9.97 Å². The van der Waals surface area contributed by atoms with Crippen molar-refractivity contribution in [2.45, 2.75) is 32.2 Å². The number of benzene rings is 1. The molecule has 2 aromatic heterocycles. The molecule has 0 atom stereocenters. The standard InChI is InChI=1S/C28H34N6O3/c1-20-5-6-24-22(18-20)26-23(9-13-33(24)19-35)30-28(32-14-16-37-17-15-32)34(26)21-7-11-31(12-8-21)27-25(36-2)4-3-10-29-27/h3-6,10,18-19,21H,7-9,11-17H2,1-2H3. The van der Waals surface area contributed by atoms with Crippen molar-refractivity contribution >= 4 is 23.9 Å². The van der Waals surface area contributed by atoms with Crippen molar-refractivity contribution < 1.29 is 14.3 Å². The number of aromatic nitrogens is 3. The second-order valence-electron chi connectivity index (χ2n) is 9.99. The summed E-state index contributed by atoms with van der Waals surface area (Å²) in [5.74, 6) is 2.75. The van der Waals surface area contributed by atoms with Gasteiger partial charge in [0, 0.05) is 56.9 Å². The Morgan fingerprint density at radius 3 is 2.62 bits per heavy atom. The molecule has 0 N–H and O–H groups in total. The van der Waals surface area contributed by atoms with E-state index in [0.29, 0.717) is 19.8 Å². The molecule has 194 valence electrons. The predicted octanol–water partition coefficient (Wildman–Crippen LogP) is 3.46. The van der Waals surface area contributed by atoms with E-state index in [1.165, 1.54) is 11.3 Å². The predicted molar refractivity (Wildman–Crippen MR) is 144 cm³/mol. The zero-order chi connectivity index (χ0) is 25.4. The average Bonchev–Trinajstić information content (AvgIpc) is 3.26. The van der Waals surface area contributed by atoms with E-state index in [0.717, 1.165) is 86.3 Å². The number of ether oxygens (including phenoxy) is 2. The number of carbonyl (C=O) groups excluding carboxylic acids is 1. The minimum Gasteiger partial charge on any atom is -0.493 e. The van der Waals surface area contributed by atoms with E-state index < -0.39 is 0 Å². The summed E-state index contributed by atoms with van der Waals surface area (Å²) in [6.07, 6.45) is 5.45. The van der Waals surface area contributed by atoms with Crippen molar-refractivity contribution in [1.29, 1.82) is 0 Å². The molecule has 37 heavy (non-hydrogen) atoms. The number of rotatable bonds is 5. The van der Waals surface area contributed by atoms with Gasteiger partial charge < -0.3 is 28.7 Å². The van der Waals surface area contributed by atoms with Crippen molar-refractivity contribution in [2.24, 2.45) is 0 Å². The molecule has 0 spiro atoms. The molecule has 0 aliphatic carbocycles. The fourth-order valence-electron chi connectivity index (χ4n) is 5.92. The molecule has 5 heterocycles. The Morgan fingerprint density at radius 2 is 1.86 bits per heavy atom. The van der Waals surface area contributed by atoms with E-state index in [1.807, 2.05) is 23.2 Å². The van der Waals surface area contributed by atoms with Crippen molar-refractivity contribution in [3.63, 3.8) is 0 Å². The number of hydrogen-bond acceptors (Lipinski definition) is 7. The molecular weight excluding hydrogens is 468 g/mol. The maximum absolute atomic E-state index is 12.0. The molecule has 0 unspecified atom stereocenters. The van der Waals surface area contributed by atoms with Gasteiger partial charge in [-0.15, -0.1) is 0 Å². The number of aryl methyl sites for hydroxylation is 1. The summed E-state index contributed by atoms with van der Waals surface area (Å²) in [6, 6.07) is 10.5. The maximum Gasteiger partial charge on any atom is 0.214 e. The molecule has 3 aliphatic heterocycles. The lowest BCUT2D eigenvalue weighted by Crippen LogP contribution is -2.40. The first-order valence-corrected chi connectivity index (χ1v) is 13.2. The second-order valence-corrected chi connectivity index (χ2v) is 9.99. The number of anilines is 3. The summed E-state index contributed by atoms with van der Waals surface area (Å²) >= 11 is 0. The van der Waals surface area contributed by atoms with Gasteiger partial charge in [-0.05, 0) is 44.0 Å². The van der Waals surface area contributed by atoms with Gasteiger partial charge in [-0.2, -0.15) is 0 Å². The molecule has 9 heteroatoms. The van der Waals surface area contributed by atoms with Crippen LogP contribution in [0.5, 0.6) is 5.75 Å². The van der Waals surface area contributed by atoms with Gasteiger partial charge in [0.25, 0.3) is 0 Å². The quantitative estimate of drug-likeness (QED) is 0.495. The van der Waals surface area contributed by atoms with E-state index >= 15 is 0 Å². The molecule has 1 aromatic carbocycles. The van der Waals surface area contributed by atoms with Gasteiger partial charge in [0.05, 0.1) is 37.4 Å². The SMILES string of the molecule is COc1cccnc1N1CCC(n2c(N3CCOCC3)nc3c2-c2cc(C)ccc2N(C=O)CC3)CC1. The number of morpholine rings is 1. The second kappa shape index (κ2) is 10.0. The van der Waals surface area contributed by atoms with Crippen LogP contribution in [0.1, 0.15) is 30.1 Å². The van der Waals surface area contributed by atoms with Crippen LogP contribution in [0.2, 0.25) is 0 Å². The van der Waals surface area contributed by atoms with Crippen LogP contribution in [0.15, 0.2) is 36.5 Å². The normalized spacial score (nSPS) is 18.3. The van der Waals surface area contributed by atoms with Gasteiger partial charge in [0.1, 0.15) is 0 Å². The van der Waals surface area contributed by atoms with Crippen LogP contribution in [0.25, 0.3) is 11.3 Å². The summed E-state index contributed by atoms with van der Waals surface area (Å²) in [4.78, 5) is 28.4. The Labute approximate surface area is 217 Å².